The molecule has 0 saturated carbocycles. The van der Waals surface area contributed by atoms with Crippen LogP contribution in [-0.2, 0) is 12.7 Å². The Kier molecular flexibility index (Phi) is 5.28. The quantitative estimate of drug-likeness (QED) is 0.628. The molecule has 0 aliphatic rings. The van der Waals surface area contributed by atoms with Gasteiger partial charge in [-0.25, -0.2) is 0 Å². The molecule has 0 unspecified atom stereocenters. The molecule has 2 rings (SSSR count). The number of aromatic hydroxyl groups is 1. The van der Waals surface area contributed by atoms with Crippen LogP contribution in [0.25, 0.3) is 0 Å². The molecule has 116 valence electrons. The van der Waals surface area contributed by atoms with E-state index < -0.39 is 11.7 Å². The fourth-order valence-electron chi connectivity index (χ4n) is 1.73. The van der Waals surface area contributed by atoms with Gasteiger partial charge in [0.15, 0.2) is 0 Å². The molecule has 2 nitrogen and oxygen atoms in total. The predicted molar refractivity (Wildman–Crippen MR) is 86.2 cm³/mol. The average Bonchev–Trinajstić information content (AvgIpc) is 2.43. The van der Waals surface area contributed by atoms with Crippen molar-refractivity contribution < 1.29 is 18.3 Å². The number of rotatable bonds is 3. The number of hydrogen-bond acceptors (Lipinski definition) is 2. The minimum Gasteiger partial charge on any atom is -0.506 e. The van der Waals surface area contributed by atoms with Crippen molar-refractivity contribution in [3.63, 3.8) is 0 Å². The molecule has 0 aliphatic heterocycles. The van der Waals surface area contributed by atoms with Crippen LogP contribution in [0, 0.1) is 0 Å². The van der Waals surface area contributed by atoms with Crippen LogP contribution in [0.5, 0.6) is 5.75 Å². The zero-order valence-corrected chi connectivity index (χ0v) is 14.2. The smallest absolute Gasteiger partial charge is 0.416 e. The van der Waals surface area contributed by atoms with Gasteiger partial charge in [0.05, 0.1) is 16.6 Å². The van der Waals surface area contributed by atoms with E-state index in [2.05, 4.69) is 36.9 Å². The van der Waals surface area contributed by atoms with E-state index in [0.717, 1.165) is 16.6 Å². The van der Waals surface area contributed by atoms with E-state index in [1.165, 1.54) is 18.3 Å². The van der Waals surface area contributed by atoms with Crippen molar-refractivity contribution in [1.82, 2.24) is 0 Å². The third-order valence-electron chi connectivity index (χ3n) is 2.84. The van der Waals surface area contributed by atoms with Gasteiger partial charge in [0.2, 0.25) is 0 Å². The van der Waals surface area contributed by atoms with Gasteiger partial charge >= 0.3 is 6.18 Å². The van der Waals surface area contributed by atoms with E-state index in [1.807, 2.05) is 0 Å². The lowest BCUT2D eigenvalue weighted by molar-refractivity contribution is -0.137. The molecule has 1 N–H and O–H groups in total. The maximum absolute atomic E-state index is 12.4. The molecule has 22 heavy (non-hydrogen) atoms. The molecular weight excluding hydrogens is 427 g/mol. The van der Waals surface area contributed by atoms with Crippen LogP contribution < -0.4 is 0 Å². The number of halogens is 5. The summed E-state index contributed by atoms with van der Waals surface area (Å²) in [5.41, 5.74) is 0.472. The van der Waals surface area contributed by atoms with Crippen molar-refractivity contribution in [3.05, 3.63) is 62.0 Å². The maximum Gasteiger partial charge on any atom is 0.416 e. The summed E-state index contributed by atoms with van der Waals surface area (Å²) < 4.78 is 38.6. The van der Waals surface area contributed by atoms with Crippen molar-refractivity contribution in [2.24, 2.45) is 4.99 Å². The van der Waals surface area contributed by atoms with E-state index in [1.54, 1.807) is 12.1 Å². The second-order valence-electron chi connectivity index (χ2n) is 4.49. The van der Waals surface area contributed by atoms with Crippen LogP contribution in [0.3, 0.4) is 0 Å². The van der Waals surface area contributed by atoms with Crippen molar-refractivity contribution in [2.75, 3.05) is 0 Å². The fourth-order valence-corrected chi connectivity index (χ4v) is 2.99. The summed E-state index contributed by atoms with van der Waals surface area (Å²) >= 11 is 6.51. The third-order valence-corrected chi connectivity index (χ3v) is 3.91. The van der Waals surface area contributed by atoms with Gasteiger partial charge in [-0.2, -0.15) is 13.2 Å². The summed E-state index contributed by atoms with van der Waals surface area (Å²) in [5, 5.41) is 9.86. The molecule has 0 saturated heterocycles. The Morgan fingerprint density at radius 1 is 1.09 bits per heavy atom. The molecule has 0 aromatic heterocycles. The van der Waals surface area contributed by atoms with Crippen molar-refractivity contribution >= 4 is 38.1 Å². The van der Waals surface area contributed by atoms with Crippen LogP contribution in [0.4, 0.5) is 13.2 Å². The van der Waals surface area contributed by atoms with Crippen LogP contribution in [0.15, 0.2) is 50.3 Å². The highest BCUT2D eigenvalue weighted by Gasteiger charge is 2.29. The van der Waals surface area contributed by atoms with Crippen molar-refractivity contribution in [3.8, 4) is 5.75 Å². The number of aliphatic imine (C=N–C) groups is 1. The van der Waals surface area contributed by atoms with Gasteiger partial charge in [-0.05, 0) is 45.8 Å². The fraction of sp³-hybridized carbons (Fsp3) is 0.133. The number of benzene rings is 2. The number of alkyl halides is 3. The Balaban J connectivity index is 2.10. The second-order valence-corrected chi connectivity index (χ2v) is 6.26. The summed E-state index contributed by atoms with van der Waals surface area (Å²) in [4.78, 5) is 4.14. The van der Waals surface area contributed by atoms with Crippen LogP contribution in [-0.4, -0.2) is 11.3 Å². The first-order valence-electron chi connectivity index (χ1n) is 6.11. The minimum atomic E-state index is -4.34. The molecule has 0 atom stereocenters. The molecular formula is C15H10Br2F3NO. The monoisotopic (exact) mass is 435 g/mol. The van der Waals surface area contributed by atoms with Crippen LogP contribution >= 0.6 is 31.9 Å². The summed E-state index contributed by atoms with van der Waals surface area (Å²) in [6.07, 6.45) is -2.86. The predicted octanol–water partition coefficient (Wildman–Crippen LogP) is 5.56. The molecule has 0 heterocycles. The van der Waals surface area contributed by atoms with Gasteiger partial charge in [-0.3, -0.25) is 4.99 Å². The first-order valence-corrected chi connectivity index (χ1v) is 7.70. The second kappa shape index (κ2) is 6.83. The van der Waals surface area contributed by atoms with Crippen molar-refractivity contribution in [2.45, 2.75) is 12.7 Å². The van der Waals surface area contributed by atoms with E-state index in [4.69, 9.17) is 0 Å². The summed E-state index contributed by atoms with van der Waals surface area (Å²) in [5.74, 6) is 0.0550. The van der Waals surface area contributed by atoms with Crippen molar-refractivity contribution in [1.29, 1.82) is 0 Å². The Morgan fingerprint density at radius 3 is 2.32 bits per heavy atom. The lowest BCUT2D eigenvalue weighted by Gasteiger charge is -2.06. The third kappa shape index (κ3) is 4.33. The molecule has 0 radical (unpaired) electrons. The van der Waals surface area contributed by atoms with Gasteiger partial charge in [-0.15, -0.1) is 0 Å². The summed E-state index contributed by atoms with van der Waals surface area (Å²) in [6, 6.07) is 8.21. The normalized spacial score (nSPS) is 12.0. The van der Waals surface area contributed by atoms with E-state index in [0.29, 0.717) is 15.6 Å². The Hall–Kier alpha value is -1.34. The highest BCUT2D eigenvalue weighted by Crippen LogP contribution is 2.31. The lowest BCUT2D eigenvalue weighted by Crippen LogP contribution is -2.04. The summed E-state index contributed by atoms with van der Waals surface area (Å²) in [6.45, 7) is 0.224. The minimum absolute atomic E-state index is 0.0550. The molecule has 0 fully saturated rings. The zero-order chi connectivity index (χ0) is 16.3. The number of hydrogen-bond donors (Lipinski definition) is 1. The van der Waals surface area contributed by atoms with Gasteiger partial charge in [-0.1, -0.05) is 28.1 Å². The SMILES string of the molecule is Oc1c(Br)cc(Br)cc1C=NCc1ccc(C(F)(F)F)cc1. The average molecular weight is 437 g/mol. The van der Waals surface area contributed by atoms with Gasteiger partial charge in [0.25, 0.3) is 0 Å². The Labute approximate surface area is 142 Å². The van der Waals surface area contributed by atoms with Crippen LogP contribution in [0.2, 0.25) is 0 Å². The number of nitrogens with zero attached hydrogens (tertiary/aromatic N) is 1. The van der Waals surface area contributed by atoms with Gasteiger partial charge in [0.1, 0.15) is 5.75 Å². The number of phenolic OH excluding ortho intramolecular Hbond substituents is 1. The van der Waals surface area contributed by atoms with E-state index in [-0.39, 0.29) is 12.3 Å². The van der Waals surface area contributed by atoms with E-state index in [9.17, 15) is 18.3 Å². The molecule has 2 aromatic carbocycles. The van der Waals surface area contributed by atoms with Crippen LogP contribution in [0.1, 0.15) is 16.7 Å². The number of phenols is 1. The lowest BCUT2D eigenvalue weighted by atomic mass is 10.1. The zero-order valence-electron chi connectivity index (χ0n) is 11.0. The standard InChI is InChI=1S/C15H10Br2F3NO/c16-12-5-10(14(22)13(17)6-12)8-21-7-9-1-3-11(4-2-9)15(18,19)20/h1-6,8,22H,7H2. The highest BCUT2D eigenvalue weighted by molar-refractivity contribution is 9.11. The molecule has 0 aliphatic carbocycles. The largest absolute Gasteiger partial charge is 0.506 e. The van der Waals surface area contributed by atoms with Gasteiger partial charge in [0, 0.05) is 16.3 Å². The molecule has 7 heteroatoms. The maximum atomic E-state index is 12.4. The Morgan fingerprint density at radius 2 is 1.73 bits per heavy atom. The highest BCUT2D eigenvalue weighted by atomic mass is 79.9. The molecule has 0 bridgehead atoms. The topological polar surface area (TPSA) is 32.6 Å². The first kappa shape index (κ1) is 17.0. The molecule has 0 spiro atoms. The molecule has 2 aromatic rings. The van der Waals surface area contributed by atoms with E-state index >= 15 is 0 Å². The van der Waals surface area contributed by atoms with Gasteiger partial charge < -0.3 is 5.11 Å². The molecule has 0 amide bonds. The summed E-state index contributed by atoms with van der Waals surface area (Å²) in [7, 11) is 0. The first-order chi connectivity index (χ1) is 10.3. The Bertz CT molecular complexity index is 697.